The molecule has 3 rings (SSSR count). The topological polar surface area (TPSA) is 63.1 Å². The maximum absolute atomic E-state index is 13.3. The van der Waals surface area contributed by atoms with Crippen molar-refractivity contribution in [3.63, 3.8) is 0 Å². The Balaban J connectivity index is 1.50. The summed E-state index contributed by atoms with van der Waals surface area (Å²) in [6.45, 7) is 4.89. The number of nitrogens with one attached hydrogen (secondary N) is 1. The second-order valence-electron chi connectivity index (χ2n) is 6.73. The molecular formula is C18H24FN5O. The highest BCUT2D eigenvalue weighted by Gasteiger charge is 2.26. The molecule has 134 valence electrons. The van der Waals surface area contributed by atoms with Gasteiger partial charge in [0.15, 0.2) is 0 Å². The fraction of sp³-hybridized carbons (Fsp3) is 0.500. The lowest BCUT2D eigenvalue weighted by Gasteiger charge is -2.32. The summed E-state index contributed by atoms with van der Waals surface area (Å²) < 4.78 is 15.0. The van der Waals surface area contributed by atoms with E-state index >= 15 is 0 Å². The number of amides is 1. The van der Waals surface area contributed by atoms with E-state index in [0.717, 1.165) is 24.9 Å². The first kappa shape index (κ1) is 17.5. The lowest BCUT2D eigenvalue weighted by Crippen LogP contribution is -2.46. The number of benzene rings is 1. The fourth-order valence-corrected chi connectivity index (χ4v) is 3.32. The first-order chi connectivity index (χ1) is 12.1. The van der Waals surface area contributed by atoms with Crippen molar-refractivity contribution in [2.24, 2.45) is 5.92 Å². The van der Waals surface area contributed by atoms with Crippen LogP contribution in [0.1, 0.15) is 25.3 Å². The van der Waals surface area contributed by atoms with Gasteiger partial charge in [-0.25, -0.2) is 9.37 Å². The summed E-state index contributed by atoms with van der Waals surface area (Å²) in [5, 5.41) is 7.12. The van der Waals surface area contributed by atoms with Crippen molar-refractivity contribution in [1.82, 2.24) is 25.0 Å². The van der Waals surface area contributed by atoms with Gasteiger partial charge in [0.2, 0.25) is 5.91 Å². The van der Waals surface area contributed by atoms with Gasteiger partial charge in [0.05, 0.1) is 12.5 Å². The molecule has 0 saturated carbocycles. The van der Waals surface area contributed by atoms with Crippen LogP contribution in [0.3, 0.4) is 0 Å². The molecule has 6 nitrogen and oxygen atoms in total. The number of halogens is 1. The Kier molecular flexibility index (Phi) is 5.75. The third-order valence-corrected chi connectivity index (χ3v) is 4.49. The Morgan fingerprint density at radius 1 is 1.48 bits per heavy atom. The van der Waals surface area contributed by atoms with Crippen LogP contribution in [0, 0.1) is 11.7 Å². The van der Waals surface area contributed by atoms with Crippen molar-refractivity contribution in [2.75, 3.05) is 13.1 Å². The highest BCUT2D eigenvalue weighted by atomic mass is 19.1. The molecular weight excluding hydrogens is 321 g/mol. The Hall–Kier alpha value is -2.28. The molecule has 2 atom stereocenters. The maximum Gasteiger partial charge on any atom is 0.224 e. The van der Waals surface area contributed by atoms with E-state index in [4.69, 9.17) is 0 Å². The Morgan fingerprint density at radius 3 is 3.12 bits per heavy atom. The first-order valence-electron chi connectivity index (χ1n) is 8.70. The molecule has 1 fully saturated rings. The molecule has 1 aromatic heterocycles. The standard InChI is InChI=1S/C18H24FN5O/c1-14(9-24-13-20-12-21-24)22-18(25)16-5-3-7-23(11-16)10-15-4-2-6-17(19)8-15/h2,4,6,8,12-14,16H,3,5,7,9-11H2,1H3,(H,22,25). The molecule has 1 N–H and O–H groups in total. The number of piperidine rings is 1. The second kappa shape index (κ2) is 8.20. The number of nitrogens with zero attached hydrogens (tertiary/aromatic N) is 4. The van der Waals surface area contributed by atoms with Gasteiger partial charge in [-0.15, -0.1) is 0 Å². The van der Waals surface area contributed by atoms with Gasteiger partial charge in [0.25, 0.3) is 0 Å². The average Bonchev–Trinajstić information content (AvgIpc) is 3.08. The Labute approximate surface area is 147 Å². The van der Waals surface area contributed by atoms with Crippen molar-refractivity contribution in [1.29, 1.82) is 0 Å². The summed E-state index contributed by atoms with van der Waals surface area (Å²) in [4.78, 5) is 18.7. The molecule has 2 unspecified atom stereocenters. The first-order valence-corrected chi connectivity index (χ1v) is 8.70. The maximum atomic E-state index is 13.3. The lowest BCUT2D eigenvalue weighted by atomic mass is 9.96. The van der Waals surface area contributed by atoms with E-state index in [1.54, 1.807) is 23.1 Å². The van der Waals surface area contributed by atoms with E-state index in [9.17, 15) is 9.18 Å². The van der Waals surface area contributed by atoms with Gasteiger partial charge >= 0.3 is 0 Å². The number of likely N-dealkylation sites (tertiary alicyclic amines) is 1. The molecule has 1 aliphatic rings. The fourth-order valence-electron chi connectivity index (χ4n) is 3.32. The van der Waals surface area contributed by atoms with E-state index in [2.05, 4.69) is 20.3 Å². The molecule has 2 aromatic rings. The molecule has 0 bridgehead atoms. The van der Waals surface area contributed by atoms with Crippen molar-refractivity contribution >= 4 is 5.91 Å². The van der Waals surface area contributed by atoms with Gasteiger partial charge in [-0.3, -0.25) is 14.4 Å². The third kappa shape index (κ3) is 5.09. The zero-order valence-electron chi connectivity index (χ0n) is 14.4. The molecule has 1 saturated heterocycles. The van der Waals surface area contributed by atoms with E-state index in [0.29, 0.717) is 19.6 Å². The predicted molar refractivity (Wildman–Crippen MR) is 92.0 cm³/mol. The minimum Gasteiger partial charge on any atom is -0.352 e. The quantitative estimate of drug-likeness (QED) is 0.868. The van der Waals surface area contributed by atoms with Gasteiger partial charge in [-0.05, 0) is 44.0 Å². The summed E-state index contributed by atoms with van der Waals surface area (Å²) >= 11 is 0. The average molecular weight is 345 g/mol. The van der Waals surface area contributed by atoms with Crippen LogP contribution in [-0.4, -0.2) is 44.7 Å². The van der Waals surface area contributed by atoms with Crippen LogP contribution in [0.15, 0.2) is 36.9 Å². The van der Waals surface area contributed by atoms with Crippen molar-refractivity contribution in [2.45, 2.75) is 38.9 Å². The molecule has 0 aliphatic carbocycles. The number of carbonyl (C=O) groups excluding carboxylic acids is 1. The molecule has 1 amide bonds. The van der Waals surface area contributed by atoms with Crippen LogP contribution in [0.4, 0.5) is 4.39 Å². The van der Waals surface area contributed by atoms with Gasteiger partial charge in [0.1, 0.15) is 18.5 Å². The molecule has 1 aromatic carbocycles. The largest absolute Gasteiger partial charge is 0.352 e. The normalized spacial score (nSPS) is 19.5. The molecule has 1 aliphatic heterocycles. The smallest absolute Gasteiger partial charge is 0.224 e. The van der Waals surface area contributed by atoms with E-state index < -0.39 is 0 Å². The number of carbonyl (C=O) groups is 1. The van der Waals surface area contributed by atoms with E-state index in [1.807, 2.05) is 13.0 Å². The zero-order chi connectivity index (χ0) is 17.6. The minimum atomic E-state index is -0.217. The van der Waals surface area contributed by atoms with Gasteiger partial charge in [0, 0.05) is 19.1 Å². The van der Waals surface area contributed by atoms with Crippen molar-refractivity contribution < 1.29 is 9.18 Å². The van der Waals surface area contributed by atoms with Crippen LogP contribution in [0.25, 0.3) is 0 Å². The lowest BCUT2D eigenvalue weighted by molar-refractivity contribution is -0.127. The van der Waals surface area contributed by atoms with Crippen LogP contribution in [-0.2, 0) is 17.9 Å². The summed E-state index contributed by atoms with van der Waals surface area (Å²) in [5.41, 5.74) is 0.945. The Bertz CT molecular complexity index is 691. The highest BCUT2D eigenvalue weighted by Crippen LogP contribution is 2.19. The zero-order valence-corrected chi connectivity index (χ0v) is 14.4. The summed E-state index contributed by atoms with van der Waals surface area (Å²) in [6, 6.07) is 6.65. The van der Waals surface area contributed by atoms with Gasteiger partial charge in [-0.1, -0.05) is 12.1 Å². The highest BCUT2D eigenvalue weighted by molar-refractivity contribution is 5.79. The summed E-state index contributed by atoms with van der Waals surface area (Å²) in [5.74, 6) is -0.164. The molecule has 7 heteroatoms. The van der Waals surface area contributed by atoms with Crippen LogP contribution in [0.5, 0.6) is 0 Å². The van der Waals surface area contributed by atoms with Crippen molar-refractivity contribution in [3.05, 3.63) is 48.3 Å². The minimum absolute atomic E-state index is 0.00667. The number of rotatable bonds is 6. The SMILES string of the molecule is CC(Cn1cncn1)NC(=O)C1CCCN(Cc2cccc(F)c2)C1. The monoisotopic (exact) mass is 345 g/mol. The number of hydrogen-bond donors (Lipinski definition) is 1. The summed E-state index contributed by atoms with van der Waals surface area (Å²) in [7, 11) is 0. The molecule has 25 heavy (non-hydrogen) atoms. The molecule has 0 spiro atoms. The predicted octanol–water partition coefficient (Wildman–Crippen LogP) is 1.83. The van der Waals surface area contributed by atoms with E-state index in [1.165, 1.54) is 12.4 Å². The summed E-state index contributed by atoms with van der Waals surface area (Å²) in [6.07, 6.45) is 5.00. The van der Waals surface area contributed by atoms with Gasteiger partial charge in [-0.2, -0.15) is 5.10 Å². The molecule has 2 heterocycles. The Morgan fingerprint density at radius 2 is 2.36 bits per heavy atom. The second-order valence-corrected chi connectivity index (χ2v) is 6.73. The van der Waals surface area contributed by atoms with E-state index in [-0.39, 0.29) is 23.7 Å². The van der Waals surface area contributed by atoms with Gasteiger partial charge < -0.3 is 5.32 Å². The number of hydrogen-bond acceptors (Lipinski definition) is 4. The molecule has 0 radical (unpaired) electrons. The van der Waals surface area contributed by atoms with Crippen LogP contribution < -0.4 is 5.32 Å². The van der Waals surface area contributed by atoms with Crippen LogP contribution in [0.2, 0.25) is 0 Å². The number of aromatic nitrogens is 3. The third-order valence-electron chi connectivity index (χ3n) is 4.49. The van der Waals surface area contributed by atoms with Crippen LogP contribution >= 0.6 is 0 Å². The van der Waals surface area contributed by atoms with Crippen molar-refractivity contribution in [3.8, 4) is 0 Å².